The van der Waals surface area contributed by atoms with E-state index in [1.807, 2.05) is 57.5 Å². The van der Waals surface area contributed by atoms with Gasteiger partial charge in [0.1, 0.15) is 12.1 Å². The number of ether oxygens (including phenoxy) is 4. The highest BCUT2D eigenvalue weighted by atomic mass is 79.9. The minimum Gasteiger partial charge on any atom is -0.391 e. The molecule has 0 saturated carbocycles. The minimum absolute atomic E-state index is 0.0152. The first kappa shape index (κ1) is 39.0. The number of aryl methyl sites for hydroxylation is 1. The number of amides is 3. The van der Waals surface area contributed by atoms with E-state index in [0.717, 1.165) is 27.0 Å². The number of likely N-dealkylation sites (tertiary alicyclic amines) is 1. The molecule has 3 atom stereocenters. The molecular weight excluding hydrogens is 692 g/mol. The number of nitrogens with one attached hydrogen (secondary N) is 2. The van der Waals surface area contributed by atoms with Crippen molar-refractivity contribution < 1.29 is 38.4 Å². The van der Waals surface area contributed by atoms with Crippen LogP contribution >= 0.6 is 27.3 Å². The summed E-state index contributed by atoms with van der Waals surface area (Å²) in [5.41, 5.74) is 4.12. The van der Waals surface area contributed by atoms with E-state index < -0.39 is 29.5 Å². The molecule has 262 valence electrons. The van der Waals surface area contributed by atoms with Crippen LogP contribution in [0.2, 0.25) is 0 Å². The van der Waals surface area contributed by atoms with Gasteiger partial charge in [0.2, 0.25) is 17.7 Å². The Labute approximate surface area is 290 Å². The first-order valence-corrected chi connectivity index (χ1v) is 17.9. The molecule has 3 amide bonds. The molecule has 14 heteroatoms. The summed E-state index contributed by atoms with van der Waals surface area (Å²) in [7, 11) is 0. The highest BCUT2D eigenvalue weighted by molar-refractivity contribution is 9.09. The fourth-order valence-corrected chi connectivity index (χ4v) is 6.04. The van der Waals surface area contributed by atoms with Crippen molar-refractivity contribution in [2.24, 2.45) is 5.41 Å². The van der Waals surface area contributed by atoms with Gasteiger partial charge in [-0.15, -0.1) is 11.3 Å². The predicted octanol–water partition coefficient (Wildman–Crippen LogP) is 3.08. The molecule has 2 aromatic rings. The Kier molecular flexibility index (Phi) is 16.7. The van der Waals surface area contributed by atoms with E-state index in [1.165, 1.54) is 4.90 Å². The summed E-state index contributed by atoms with van der Waals surface area (Å²) < 4.78 is 21.7. The third kappa shape index (κ3) is 13.2. The van der Waals surface area contributed by atoms with Crippen LogP contribution in [0.1, 0.15) is 44.9 Å². The van der Waals surface area contributed by atoms with Crippen LogP contribution < -0.4 is 10.6 Å². The Bertz CT molecular complexity index is 1260. The Morgan fingerprint density at radius 3 is 2.15 bits per heavy atom. The maximum atomic E-state index is 13.8. The molecule has 47 heavy (non-hydrogen) atoms. The molecule has 1 saturated heterocycles. The van der Waals surface area contributed by atoms with E-state index in [0.29, 0.717) is 46.2 Å². The molecule has 1 aromatic heterocycles. The predicted molar refractivity (Wildman–Crippen MR) is 183 cm³/mol. The largest absolute Gasteiger partial charge is 0.391 e. The standard InChI is InChI=1S/C33H49BrN4O8S/c1-23-29(47-22-36-23)25-7-5-24(6-8-25)20-35-31(41)27-19-26(39)21-38(27)32(42)30(33(2,3)4)37-28(40)9-11-43-13-15-45-17-18-46-16-14-44-12-10-34/h5-8,22,26-27,30,39H,9-21H2,1-4H3,(H,35,41)(H,37,40). The van der Waals surface area contributed by atoms with E-state index >= 15 is 0 Å². The molecule has 2 heterocycles. The van der Waals surface area contributed by atoms with Gasteiger partial charge in [0.15, 0.2) is 0 Å². The number of carbonyl (C=O) groups is 3. The number of alkyl halides is 1. The first-order chi connectivity index (χ1) is 22.5. The highest BCUT2D eigenvalue weighted by Crippen LogP contribution is 2.28. The second-order valence-corrected chi connectivity index (χ2v) is 14.0. The van der Waals surface area contributed by atoms with Crippen LogP contribution in [-0.4, -0.2) is 116 Å². The number of benzene rings is 1. The number of aromatic nitrogens is 1. The van der Waals surface area contributed by atoms with Crippen LogP contribution in [0.4, 0.5) is 0 Å². The van der Waals surface area contributed by atoms with Gasteiger partial charge < -0.3 is 39.6 Å². The quantitative estimate of drug-likeness (QED) is 0.138. The van der Waals surface area contributed by atoms with E-state index in [1.54, 1.807) is 11.3 Å². The van der Waals surface area contributed by atoms with Gasteiger partial charge in [-0.1, -0.05) is 61.0 Å². The van der Waals surface area contributed by atoms with Gasteiger partial charge in [-0.3, -0.25) is 14.4 Å². The van der Waals surface area contributed by atoms with Crippen molar-refractivity contribution in [1.29, 1.82) is 0 Å². The summed E-state index contributed by atoms with van der Waals surface area (Å²) in [4.78, 5) is 46.7. The molecule has 0 spiro atoms. The fraction of sp³-hybridized carbons (Fsp3) is 0.636. The Morgan fingerprint density at radius 2 is 1.60 bits per heavy atom. The van der Waals surface area contributed by atoms with Crippen molar-refractivity contribution in [3.63, 3.8) is 0 Å². The fourth-order valence-electron chi connectivity index (χ4n) is 4.99. The number of thiazole rings is 1. The van der Waals surface area contributed by atoms with Gasteiger partial charge in [0.25, 0.3) is 0 Å². The summed E-state index contributed by atoms with van der Waals surface area (Å²) in [5, 5.41) is 17.0. The average Bonchev–Trinajstić information content (AvgIpc) is 3.65. The second kappa shape index (κ2) is 20.1. The summed E-state index contributed by atoms with van der Waals surface area (Å²) in [5.74, 6) is -1.09. The average molecular weight is 742 g/mol. The lowest BCUT2D eigenvalue weighted by Crippen LogP contribution is -2.57. The lowest BCUT2D eigenvalue weighted by Gasteiger charge is -2.35. The van der Waals surface area contributed by atoms with Crippen LogP contribution in [0.5, 0.6) is 0 Å². The Morgan fingerprint density at radius 1 is 1.00 bits per heavy atom. The summed E-state index contributed by atoms with van der Waals surface area (Å²) in [6.45, 7) is 11.3. The molecular formula is C33H49BrN4O8S. The SMILES string of the molecule is Cc1ncsc1-c1ccc(CNC(=O)C2CC(O)CN2C(=O)C(NC(=O)CCOCCOCCOCCOCCBr)C(C)(C)C)cc1. The molecule has 1 fully saturated rings. The van der Waals surface area contributed by atoms with E-state index in [2.05, 4.69) is 31.5 Å². The molecule has 0 radical (unpaired) electrons. The Balaban J connectivity index is 1.42. The van der Waals surface area contributed by atoms with Gasteiger partial charge in [0, 0.05) is 31.3 Å². The van der Waals surface area contributed by atoms with Crippen molar-refractivity contribution in [2.45, 2.75) is 65.3 Å². The molecule has 3 unspecified atom stereocenters. The number of carbonyl (C=O) groups excluding carboxylic acids is 3. The third-order valence-electron chi connectivity index (χ3n) is 7.52. The summed E-state index contributed by atoms with van der Waals surface area (Å²) >= 11 is 4.87. The molecule has 1 aliphatic heterocycles. The van der Waals surface area contributed by atoms with Crippen molar-refractivity contribution in [3.8, 4) is 10.4 Å². The number of aliphatic hydroxyl groups is 1. The molecule has 3 rings (SSSR count). The zero-order valence-electron chi connectivity index (χ0n) is 27.8. The third-order valence-corrected chi connectivity index (χ3v) is 8.82. The van der Waals surface area contributed by atoms with Crippen LogP contribution in [0.3, 0.4) is 0 Å². The number of halogens is 1. The minimum atomic E-state index is -0.897. The molecule has 12 nitrogen and oxygen atoms in total. The summed E-state index contributed by atoms with van der Waals surface area (Å²) in [6.07, 6.45) is -0.654. The lowest BCUT2D eigenvalue weighted by molar-refractivity contribution is -0.144. The van der Waals surface area contributed by atoms with Crippen LogP contribution in [-0.2, 0) is 39.9 Å². The van der Waals surface area contributed by atoms with Gasteiger partial charge in [-0.25, -0.2) is 4.98 Å². The topological polar surface area (TPSA) is 149 Å². The lowest BCUT2D eigenvalue weighted by atomic mass is 9.85. The number of rotatable bonds is 20. The van der Waals surface area contributed by atoms with E-state index in [9.17, 15) is 19.5 Å². The van der Waals surface area contributed by atoms with Crippen molar-refractivity contribution in [1.82, 2.24) is 20.5 Å². The van der Waals surface area contributed by atoms with Gasteiger partial charge >= 0.3 is 0 Å². The second-order valence-electron chi connectivity index (χ2n) is 12.3. The monoisotopic (exact) mass is 740 g/mol. The molecule has 0 aliphatic carbocycles. The maximum Gasteiger partial charge on any atom is 0.246 e. The number of nitrogens with zero attached hydrogens (tertiary/aromatic N) is 2. The Hall–Kier alpha value is -2.46. The smallest absolute Gasteiger partial charge is 0.246 e. The van der Waals surface area contributed by atoms with E-state index in [4.69, 9.17) is 18.9 Å². The van der Waals surface area contributed by atoms with Crippen molar-refractivity contribution in [3.05, 3.63) is 41.0 Å². The summed E-state index contributed by atoms with van der Waals surface area (Å²) in [6, 6.07) is 6.14. The molecule has 1 aromatic carbocycles. The van der Waals surface area contributed by atoms with E-state index in [-0.39, 0.29) is 44.4 Å². The van der Waals surface area contributed by atoms with Crippen LogP contribution in [0.25, 0.3) is 10.4 Å². The van der Waals surface area contributed by atoms with Gasteiger partial charge in [-0.2, -0.15) is 0 Å². The number of β-amino-alcohol motifs (C(OH)–C–C–N with tert-alkyl or cyclic N) is 1. The number of aliphatic hydroxyl groups excluding tert-OH is 1. The molecule has 0 bridgehead atoms. The van der Waals surface area contributed by atoms with Crippen molar-refractivity contribution in [2.75, 3.05) is 64.7 Å². The zero-order chi connectivity index (χ0) is 34.2. The van der Waals surface area contributed by atoms with Gasteiger partial charge in [0.05, 0.1) is 75.0 Å². The van der Waals surface area contributed by atoms with Gasteiger partial charge in [-0.05, 0) is 23.5 Å². The van der Waals surface area contributed by atoms with Crippen LogP contribution in [0.15, 0.2) is 29.8 Å². The zero-order valence-corrected chi connectivity index (χ0v) is 30.2. The maximum absolute atomic E-state index is 13.8. The number of hydrogen-bond acceptors (Lipinski definition) is 10. The molecule has 3 N–H and O–H groups in total. The first-order valence-electron chi connectivity index (χ1n) is 15.9. The normalized spacial score (nSPS) is 17.1. The highest BCUT2D eigenvalue weighted by Gasteiger charge is 2.44. The molecule has 1 aliphatic rings. The number of hydrogen-bond donors (Lipinski definition) is 3. The van der Waals surface area contributed by atoms with Crippen molar-refractivity contribution >= 4 is 45.0 Å². The van der Waals surface area contributed by atoms with Crippen LogP contribution in [0, 0.1) is 12.3 Å².